The van der Waals surface area contributed by atoms with Gasteiger partial charge >= 0.3 is 5.63 Å². The van der Waals surface area contributed by atoms with E-state index in [1.54, 1.807) is 18.2 Å². The fourth-order valence-electron chi connectivity index (χ4n) is 2.47. The van der Waals surface area contributed by atoms with Crippen molar-refractivity contribution in [1.29, 1.82) is 0 Å². The van der Waals surface area contributed by atoms with Gasteiger partial charge in [0.25, 0.3) is 0 Å². The number of ether oxygens (including phenoxy) is 2. The molecule has 0 N–H and O–H groups in total. The Kier molecular flexibility index (Phi) is 5.06. The lowest BCUT2D eigenvalue weighted by Crippen LogP contribution is -2.09. The Balaban J connectivity index is 1.65. The maximum absolute atomic E-state index is 11.6. The fraction of sp³-hybridized carbons (Fsp3) is 0.211. The number of halogens is 1. The van der Waals surface area contributed by atoms with E-state index in [-0.39, 0.29) is 5.63 Å². The minimum Gasteiger partial charge on any atom is -0.490 e. The van der Waals surface area contributed by atoms with Gasteiger partial charge in [-0.1, -0.05) is 30.7 Å². The van der Waals surface area contributed by atoms with Gasteiger partial charge in [-0.05, 0) is 36.2 Å². The zero-order valence-electron chi connectivity index (χ0n) is 13.3. The number of fused-ring (bicyclic) bond motifs is 1. The van der Waals surface area contributed by atoms with Crippen molar-refractivity contribution in [3.63, 3.8) is 0 Å². The van der Waals surface area contributed by atoms with Crippen molar-refractivity contribution >= 4 is 22.6 Å². The first-order valence-corrected chi connectivity index (χ1v) is 8.12. The Bertz CT molecular complexity index is 901. The Hall–Kier alpha value is -2.46. The van der Waals surface area contributed by atoms with Crippen molar-refractivity contribution in [3.8, 4) is 11.5 Å². The van der Waals surface area contributed by atoms with E-state index in [4.69, 9.17) is 25.5 Å². The van der Waals surface area contributed by atoms with Crippen LogP contribution in [0.4, 0.5) is 0 Å². The second kappa shape index (κ2) is 7.41. The number of rotatable bonds is 6. The molecule has 2 aromatic carbocycles. The summed E-state index contributed by atoms with van der Waals surface area (Å²) in [5.41, 5.74) is 1.15. The van der Waals surface area contributed by atoms with Gasteiger partial charge in [-0.25, -0.2) is 4.79 Å². The molecule has 3 aromatic rings. The number of aryl methyl sites for hydroxylation is 1. The summed E-state index contributed by atoms with van der Waals surface area (Å²) in [5.74, 6) is 1.25. The zero-order chi connectivity index (χ0) is 16.9. The third kappa shape index (κ3) is 3.71. The summed E-state index contributed by atoms with van der Waals surface area (Å²) >= 11 is 6.02. The quantitative estimate of drug-likeness (QED) is 0.489. The molecule has 0 aliphatic heterocycles. The molecular weight excluding hydrogens is 328 g/mol. The molecule has 24 heavy (non-hydrogen) atoms. The summed E-state index contributed by atoms with van der Waals surface area (Å²) in [5, 5.41) is 1.49. The van der Waals surface area contributed by atoms with E-state index in [9.17, 15) is 4.79 Å². The Morgan fingerprint density at radius 2 is 1.83 bits per heavy atom. The van der Waals surface area contributed by atoms with Crippen LogP contribution in [0.15, 0.2) is 57.7 Å². The molecular formula is C19H17ClO4. The predicted molar refractivity (Wildman–Crippen MR) is 94.3 cm³/mol. The topological polar surface area (TPSA) is 48.7 Å². The molecule has 0 radical (unpaired) electrons. The third-order valence-corrected chi connectivity index (χ3v) is 3.94. The monoisotopic (exact) mass is 344 g/mol. The van der Waals surface area contributed by atoms with Gasteiger partial charge in [-0.3, -0.25) is 0 Å². The highest BCUT2D eigenvalue weighted by Gasteiger charge is 2.06. The van der Waals surface area contributed by atoms with Crippen LogP contribution in [0, 0.1) is 0 Å². The average molecular weight is 345 g/mol. The highest BCUT2D eigenvalue weighted by atomic mass is 35.5. The number of benzene rings is 2. The first kappa shape index (κ1) is 16.4. The van der Waals surface area contributed by atoms with E-state index in [1.165, 1.54) is 6.07 Å². The van der Waals surface area contributed by atoms with Gasteiger partial charge in [0.2, 0.25) is 0 Å². The molecule has 3 rings (SSSR count). The van der Waals surface area contributed by atoms with Crippen LogP contribution in [-0.4, -0.2) is 13.2 Å². The van der Waals surface area contributed by atoms with Gasteiger partial charge in [0.05, 0.1) is 5.02 Å². The van der Waals surface area contributed by atoms with Crippen molar-refractivity contribution in [1.82, 2.24) is 0 Å². The van der Waals surface area contributed by atoms with Crippen molar-refractivity contribution in [2.45, 2.75) is 13.3 Å². The average Bonchev–Trinajstić information content (AvgIpc) is 2.59. The minimum atomic E-state index is -0.349. The van der Waals surface area contributed by atoms with Gasteiger partial charge in [-0.2, -0.15) is 0 Å². The first-order chi connectivity index (χ1) is 11.7. The van der Waals surface area contributed by atoms with E-state index in [0.717, 1.165) is 17.4 Å². The highest BCUT2D eigenvalue weighted by molar-refractivity contribution is 6.32. The molecule has 4 nitrogen and oxygen atoms in total. The molecule has 5 heteroatoms. The molecule has 0 aliphatic rings. The molecule has 124 valence electrons. The van der Waals surface area contributed by atoms with Crippen molar-refractivity contribution in [3.05, 3.63) is 69.5 Å². The van der Waals surface area contributed by atoms with Crippen LogP contribution in [0.5, 0.6) is 11.5 Å². The van der Waals surface area contributed by atoms with E-state index < -0.39 is 0 Å². The maximum atomic E-state index is 11.6. The van der Waals surface area contributed by atoms with Gasteiger partial charge in [0.15, 0.2) is 0 Å². The Labute approximate surface area is 144 Å². The van der Waals surface area contributed by atoms with Crippen LogP contribution in [0.25, 0.3) is 11.0 Å². The smallest absolute Gasteiger partial charge is 0.336 e. The lowest BCUT2D eigenvalue weighted by atomic mass is 10.1. The van der Waals surface area contributed by atoms with Gasteiger partial charge < -0.3 is 13.9 Å². The lowest BCUT2D eigenvalue weighted by molar-refractivity contribution is 0.217. The fourth-order valence-corrected chi connectivity index (χ4v) is 2.66. The lowest BCUT2D eigenvalue weighted by Gasteiger charge is -2.10. The second-order valence-corrected chi connectivity index (χ2v) is 5.64. The normalized spacial score (nSPS) is 10.8. The van der Waals surface area contributed by atoms with Crippen molar-refractivity contribution < 1.29 is 13.9 Å². The van der Waals surface area contributed by atoms with Crippen molar-refractivity contribution in [2.75, 3.05) is 13.2 Å². The Morgan fingerprint density at radius 3 is 2.62 bits per heavy atom. The minimum absolute atomic E-state index is 0.349. The molecule has 0 aliphatic carbocycles. The molecule has 1 heterocycles. The summed E-state index contributed by atoms with van der Waals surface area (Å²) in [6.45, 7) is 2.72. The van der Waals surface area contributed by atoms with Gasteiger partial charge in [0, 0.05) is 17.5 Å². The summed E-state index contributed by atoms with van der Waals surface area (Å²) < 4.78 is 16.5. The summed E-state index contributed by atoms with van der Waals surface area (Å²) in [7, 11) is 0. The highest BCUT2D eigenvalue weighted by Crippen LogP contribution is 2.24. The zero-order valence-corrected chi connectivity index (χ0v) is 14.0. The van der Waals surface area contributed by atoms with Gasteiger partial charge in [0.1, 0.15) is 30.3 Å². The van der Waals surface area contributed by atoms with Crippen LogP contribution >= 0.6 is 11.6 Å². The summed E-state index contributed by atoms with van der Waals surface area (Å²) in [6.07, 6.45) is 0.772. The summed E-state index contributed by atoms with van der Waals surface area (Å²) in [6, 6.07) is 14.3. The van der Waals surface area contributed by atoms with Crippen LogP contribution in [0.1, 0.15) is 12.5 Å². The largest absolute Gasteiger partial charge is 0.490 e. The molecule has 0 fully saturated rings. The molecule has 1 aromatic heterocycles. The van der Waals surface area contributed by atoms with E-state index in [0.29, 0.717) is 35.3 Å². The van der Waals surface area contributed by atoms with E-state index in [1.807, 2.05) is 31.2 Å². The SMILES string of the molecule is CCc1cc(=O)oc2cc(OCCOc3ccccc3Cl)ccc12. The molecule has 0 unspecified atom stereocenters. The van der Waals surface area contributed by atoms with Crippen molar-refractivity contribution in [2.24, 2.45) is 0 Å². The second-order valence-electron chi connectivity index (χ2n) is 5.23. The molecule has 0 amide bonds. The predicted octanol–water partition coefficient (Wildman–Crippen LogP) is 4.47. The maximum Gasteiger partial charge on any atom is 0.336 e. The first-order valence-electron chi connectivity index (χ1n) is 7.74. The van der Waals surface area contributed by atoms with Crippen LogP contribution < -0.4 is 15.1 Å². The van der Waals surface area contributed by atoms with Crippen LogP contribution in [0.2, 0.25) is 5.02 Å². The van der Waals surface area contributed by atoms with Crippen LogP contribution in [-0.2, 0) is 6.42 Å². The number of para-hydroxylation sites is 1. The number of hydrogen-bond donors (Lipinski definition) is 0. The molecule has 0 spiro atoms. The van der Waals surface area contributed by atoms with E-state index >= 15 is 0 Å². The standard InChI is InChI=1S/C19H17ClO4/c1-2-13-11-19(21)24-18-12-14(7-8-15(13)18)22-9-10-23-17-6-4-3-5-16(17)20/h3-8,11-12H,2,9-10H2,1H3. The van der Waals surface area contributed by atoms with Gasteiger partial charge in [-0.15, -0.1) is 0 Å². The molecule has 0 saturated heterocycles. The third-order valence-electron chi connectivity index (χ3n) is 3.63. The van der Waals surface area contributed by atoms with E-state index in [2.05, 4.69) is 0 Å². The molecule has 0 saturated carbocycles. The van der Waals surface area contributed by atoms with Crippen LogP contribution in [0.3, 0.4) is 0 Å². The number of hydrogen-bond acceptors (Lipinski definition) is 4. The Morgan fingerprint density at radius 1 is 1.04 bits per heavy atom. The summed E-state index contributed by atoms with van der Waals surface area (Å²) in [4.78, 5) is 11.6. The molecule has 0 bridgehead atoms. The molecule has 0 atom stereocenters.